The largest absolute Gasteiger partial charge is 0.490 e. The first-order valence-electron chi connectivity index (χ1n) is 11.3. The van der Waals surface area contributed by atoms with Crippen molar-refractivity contribution >= 4 is 39.0 Å². The molecule has 0 amide bonds. The number of anilines is 2. The lowest BCUT2D eigenvalue weighted by molar-refractivity contribution is -0.192. The zero-order valence-electron chi connectivity index (χ0n) is 21.8. The van der Waals surface area contributed by atoms with Crippen LogP contribution in [0.5, 0.6) is 0 Å². The maximum absolute atomic E-state index is 14.6. The van der Waals surface area contributed by atoms with Crippen molar-refractivity contribution in [3.8, 4) is 0 Å². The van der Waals surface area contributed by atoms with Crippen LogP contribution in [0.1, 0.15) is 37.6 Å². The van der Waals surface area contributed by atoms with Crippen LogP contribution < -0.4 is 10.0 Å². The fraction of sp³-hybridized carbons (Fsp3) is 0.375. The third kappa shape index (κ3) is 9.44. The Labute approximate surface area is 228 Å². The summed E-state index contributed by atoms with van der Waals surface area (Å²) < 4.78 is 77.8. The second kappa shape index (κ2) is 12.7. The quantitative estimate of drug-likeness (QED) is 0.303. The molecule has 2 aromatic heterocycles. The summed E-state index contributed by atoms with van der Waals surface area (Å²) in [6.07, 6.45) is -5.08. The molecule has 214 valence electrons. The van der Waals surface area contributed by atoms with Gasteiger partial charge >= 0.3 is 12.1 Å². The number of pyridine rings is 1. The molecule has 0 spiro atoms. The van der Waals surface area contributed by atoms with E-state index in [4.69, 9.17) is 9.90 Å². The highest BCUT2D eigenvalue weighted by Gasteiger charge is 2.38. The van der Waals surface area contributed by atoms with Crippen LogP contribution in [0, 0.1) is 12.7 Å². The van der Waals surface area contributed by atoms with Crippen LogP contribution in [0.3, 0.4) is 0 Å². The number of halogens is 4. The first-order chi connectivity index (χ1) is 17.9. The van der Waals surface area contributed by atoms with Gasteiger partial charge < -0.3 is 10.4 Å². The number of aryl methyl sites for hydroxylation is 1. The standard InChI is InChI=1S/C22H28FN5O2S2.C2HF3O2/c1-15-19(9-10-21(25-15)32(29,30)27-20-11-12-31-26-20)24-13-17-16(7-6-8-18(17)23)14-28(5)22(2,3)4;3-2(4,5)1(6)7/h6-12,24H,13-14H2,1-5H3,(H,26,27);(H,6,7). The Morgan fingerprint density at radius 1 is 1.13 bits per heavy atom. The van der Waals surface area contributed by atoms with Crippen molar-refractivity contribution in [3.63, 3.8) is 0 Å². The predicted molar refractivity (Wildman–Crippen MR) is 141 cm³/mol. The maximum Gasteiger partial charge on any atom is 0.490 e. The smallest absolute Gasteiger partial charge is 0.475 e. The summed E-state index contributed by atoms with van der Waals surface area (Å²) in [6.45, 7) is 8.90. The third-order valence-electron chi connectivity index (χ3n) is 5.48. The van der Waals surface area contributed by atoms with Gasteiger partial charge in [0.15, 0.2) is 10.8 Å². The summed E-state index contributed by atoms with van der Waals surface area (Å²) in [5, 5.41) is 11.9. The molecular formula is C24H29F4N5O4S2. The molecule has 3 N–H and O–H groups in total. The number of carboxylic acids is 1. The molecule has 3 aromatic rings. The molecule has 0 radical (unpaired) electrons. The minimum atomic E-state index is -5.08. The zero-order chi connectivity index (χ0) is 29.6. The number of hydrogen-bond donors (Lipinski definition) is 3. The van der Waals surface area contributed by atoms with Gasteiger partial charge in [0, 0.05) is 29.6 Å². The van der Waals surface area contributed by atoms with Gasteiger partial charge in [-0.3, -0.25) is 9.62 Å². The molecule has 0 aliphatic heterocycles. The van der Waals surface area contributed by atoms with Crippen LogP contribution in [0.4, 0.5) is 29.1 Å². The van der Waals surface area contributed by atoms with E-state index >= 15 is 0 Å². The lowest BCUT2D eigenvalue weighted by atomic mass is 10.0. The minimum Gasteiger partial charge on any atom is -0.475 e. The molecule has 0 aliphatic carbocycles. The minimum absolute atomic E-state index is 0.0502. The van der Waals surface area contributed by atoms with Gasteiger partial charge in [-0.2, -0.15) is 26.0 Å². The van der Waals surface area contributed by atoms with E-state index in [1.54, 1.807) is 30.5 Å². The van der Waals surface area contributed by atoms with Gasteiger partial charge in [0.2, 0.25) is 0 Å². The van der Waals surface area contributed by atoms with Crippen LogP contribution in [-0.4, -0.2) is 52.5 Å². The third-order valence-corrected chi connectivity index (χ3v) is 7.29. The zero-order valence-corrected chi connectivity index (χ0v) is 23.4. The Balaban J connectivity index is 0.000000673. The van der Waals surface area contributed by atoms with Crippen molar-refractivity contribution in [3.05, 3.63) is 64.4 Å². The number of nitrogens with zero attached hydrogens (tertiary/aromatic N) is 3. The van der Waals surface area contributed by atoms with E-state index in [9.17, 15) is 26.0 Å². The van der Waals surface area contributed by atoms with Crippen LogP contribution in [0.25, 0.3) is 0 Å². The van der Waals surface area contributed by atoms with Crippen LogP contribution >= 0.6 is 11.5 Å². The Kier molecular flexibility index (Phi) is 10.4. The summed E-state index contributed by atoms with van der Waals surface area (Å²) in [6, 6.07) is 9.72. The Bertz CT molecular complexity index is 1380. The normalized spacial score (nSPS) is 12.1. The van der Waals surface area contributed by atoms with Gasteiger partial charge in [0.1, 0.15) is 5.82 Å². The van der Waals surface area contributed by atoms with E-state index in [0.717, 1.165) is 17.1 Å². The SMILES string of the molecule is Cc1nc(S(=O)(=O)Nc2ccsn2)ccc1NCc1c(F)cccc1CN(C)C(C)(C)C.O=C(O)C(F)(F)F. The van der Waals surface area contributed by atoms with Crippen molar-refractivity contribution in [2.75, 3.05) is 17.1 Å². The van der Waals surface area contributed by atoms with Crippen molar-refractivity contribution in [2.24, 2.45) is 0 Å². The molecule has 9 nitrogen and oxygen atoms in total. The molecule has 2 heterocycles. The first-order valence-corrected chi connectivity index (χ1v) is 13.7. The Morgan fingerprint density at radius 2 is 1.77 bits per heavy atom. The fourth-order valence-electron chi connectivity index (χ4n) is 2.96. The average Bonchev–Trinajstić information content (AvgIpc) is 3.31. The van der Waals surface area contributed by atoms with E-state index in [1.807, 2.05) is 13.1 Å². The van der Waals surface area contributed by atoms with Gasteiger partial charge in [0.25, 0.3) is 10.0 Å². The van der Waals surface area contributed by atoms with Gasteiger partial charge in [-0.25, -0.2) is 14.2 Å². The Morgan fingerprint density at radius 3 is 2.28 bits per heavy atom. The van der Waals surface area contributed by atoms with E-state index in [0.29, 0.717) is 23.5 Å². The topological polar surface area (TPSA) is 125 Å². The molecule has 0 unspecified atom stereocenters. The number of alkyl halides is 3. The summed E-state index contributed by atoms with van der Waals surface area (Å²) in [7, 11) is -1.83. The Hall–Kier alpha value is -3.30. The number of rotatable bonds is 8. The number of sulfonamides is 1. The number of benzene rings is 1. The monoisotopic (exact) mass is 591 g/mol. The highest BCUT2D eigenvalue weighted by atomic mass is 32.2. The van der Waals surface area contributed by atoms with Crippen LogP contribution in [-0.2, 0) is 27.9 Å². The number of aromatic nitrogens is 2. The fourth-order valence-corrected chi connectivity index (χ4v) is 4.48. The summed E-state index contributed by atoms with van der Waals surface area (Å²) in [4.78, 5) is 15.3. The van der Waals surface area contributed by atoms with Crippen LogP contribution in [0.15, 0.2) is 46.8 Å². The van der Waals surface area contributed by atoms with Gasteiger partial charge in [0.05, 0.1) is 11.4 Å². The molecular weight excluding hydrogens is 562 g/mol. The number of aliphatic carboxylic acids is 1. The molecule has 0 aliphatic rings. The van der Waals surface area contributed by atoms with E-state index < -0.39 is 22.2 Å². The van der Waals surface area contributed by atoms with Crippen molar-refractivity contribution < 1.29 is 35.9 Å². The highest BCUT2D eigenvalue weighted by Crippen LogP contribution is 2.23. The molecule has 0 bridgehead atoms. The first kappa shape index (κ1) is 31.9. The van der Waals surface area contributed by atoms with E-state index in [2.05, 4.69) is 45.1 Å². The molecule has 0 saturated carbocycles. The second-order valence-corrected chi connectivity index (χ2v) is 11.6. The number of carbonyl (C=O) groups is 1. The predicted octanol–water partition coefficient (Wildman–Crippen LogP) is 5.26. The molecule has 0 fully saturated rings. The molecule has 3 rings (SSSR count). The van der Waals surface area contributed by atoms with Gasteiger partial charge in [-0.1, -0.05) is 12.1 Å². The molecule has 0 atom stereocenters. The lowest BCUT2D eigenvalue weighted by Crippen LogP contribution is -2.37. The summed E-state index contributed by atoms with van der Waals surface area (Å²) in [5.41, 5.74) is 2.55. The van der Waals surface area contributed by atoms with E-state index in [1.165, 1.54) is 12.1 Å². The van der Waals surface area contributed by atoms with Gasteiger partial charge in [-0.05, 0) is 76.1 Å². The average molecular weight is 592 g/mol. The second-order valence-electron chi connectivity index (χ2n) is 9.33. The molecule has 0 saturated heterocycles. The molecule has 15 heteroatoms. The van der Waals surface area contributed by atoms with Crippen LogP contribution in [0.2, 0.25) is 0 Å². The van der Waals surface area contributed by atoms with Crippen molar-refractivity contribution in [1.29, 1.82) is 0 Å². The molecule has 1 aromatic carbocycles. The summed E-state index contributed by atoms with van der Waals surface area (Å²) >= 11 is 1.15. The van der Waals surface area contributed by atoms with Crippen molar-refractivity contribution in [1.82, 2.24) is 14.3 Å². The number of carboxylic acid groups (broad SMARTS) is 1. The maximum atomic E-state index is 14.6. The van der Waals surface area contributed by atoms with Crippen molar-refractivity contribution in [2.45, 2.75) is 57.5 Å². The molecule has 39 heavy (non-hydrogen) atoms. The highest BCUT2D eigenvalue weighted by molar-refractivity contribution is 7.92. The lowest BCUT2D eigenvalue weighted by Gasteiger charge is -2.32. The van der Waals surface area contributed by atoms with Gasteiger partial charge in [-0.15, -0.1) is 0 Å². The summed E-state index contributed by atoms with van der Waals surface area (Å²) in [5.74, 6) is -2.79. The number of nitrogens with one attached hydrogen (secondary N) is 2. The number of hydrogen-bond acceptors (Lipinski definition) is 8. The van der Waals surface area contributed by atoms with E-state index in [-0.39, 0.29) is 28.7 Å².